The van der Waals surface area contributed by atoms with E-state index in [4.69, 9.17) is 0 Å². The maximum atomic E-state index is 14.4. The van der Waals surface area contributed by atoms with Crippen LogP contribution in [0, 0.1) is 34.5 Å². The minimum Gasteiger partial charge on any atom is -0.507 e. The van der Waals surface area contributed by atoms with Crippen molar-refractivity contribution in [2.75, 3.05) is 0 Å². The molecule has 210 valence electrons. The molecule has 3 aliphatic carbocycles. The number of phenolic OH excluding ortho intramolecular Hbond substituents is 1. The molecule has 3 N–H and O–H groups in total. The normalized spacial score (nSPS) is 37.8. The quantitative estimate of drug-likeness (QED) is 0.460. The number of Topliss-reactive ketones (excluding diaryl/α,β-unsaturated/α-hetero) is 6. The summed E-state index contributed by atoms with van der Waals surface area (Å²) in [5, 5.41) is 35.1. The summed E-state index contributed by atoms with van der Waals surface area (Å²) >= 11 is 0. The highest BCUT2D eigenvalue weighted by Gasteiger charge is 2.80. The van der Waals surface area contributed by atoms with Gasteiger partial charge in [0.15, 0.2) is 28.7 Å². The predicted molar refractivity (Wildman–Crippen MR) is 138 cm³/mol. The van der Waals surface area contributed by atoms with Gasteiger partial charge >= 0.3 is 0 Å². The minimum absolute atomic E-state index is 0.173. The summed E-state index contributed by atoms with van der Waals surface area (Å²) in [6.07, 6.45) is -1.23. The Balaban J connectivity index is 2.08. The molecular formula is C30H36O9. The highest BCUT2D eigenvalue weighted by Crippen LogP contribution is 2.67. The molecule has 8 atom stereocenters. The van der Waals surface area contributed by atoms with Crippen LogP contribution in [0.25, 0.3) is 0 Å². The number of aromatic hydroxyl groups is 1. The van der Waals surface area contributed by atoms with Crippen LogP contribution in [0.15, 0.2) is 18.2 Å². The van der Waals surface area contributed by atoms with Crippen LogP contribution in [0.3, 0.4) is 0 Å². The Morgan fingerprint density at radius 1 is 1.05 bits per heavy atom. The van der Waals surface area contributed by atoms with E-state index in [1.165, 1.54) is 26.0 Å². The van der Waals surface area contributed by atoms with Gasteiger partial charge in [0.2, 0.25) is 0 Å². The van der Waals surface area contributed by atoms with Crippen molar-refractivity contribution in [3.63, 3.8) is 0 Å². The van der Waals surface area contributed by atoms with Crippen LogP contribution in [0.5, 0.6) is 5.75 Å². The molecule has 2 fully saturated rings. The standard InChI is InChI=1S/C30H36O9/c1-7-9-15(32)12-17-16-10-8-11-18(33)20(16)24(35)22-26(37)30(39)25(36)19(14(4)31)23(34)21(13(2)3)29(30,6)27(38)28(17,22)5/h8,10-11,13,17,19,21-22,27,33,38-39H,7,9,12H2,1-6H3/t17-,19?,21?,22?,27-,28+,29+,30+/m1/s1. The van der Waals surface area contributed by atoms with Gasteiger partial charge in [0.25, 0.3) is 0 Å². The van der Waals surface area contributed by atoms with E-state index in [1.54, 1.807) is 19.9 Å². The summed E-state index contributed by atoms with van der Waals surface area (Å²) in [6, 6.07) is 4.32. The minimum atomic E-state index is -3.04. The molecule has 39 heavy (non-hydrogen) atoms. The molecule has 0 amide bonds. The molecule has 2 saturated carbocycles. The maximum absolute atomic E-state index is 14.4. The summed E-state index contributed by atoms with van der Waals surface area (Å²) in [6.45, 7) is 8.88. The number of carbonyl (C=O) groups is 6. The fraction of sp³-hybridized carbons (Fsp3) is 0.600. The van der Waals surface area contributed by atoms with Crippen LogP contribution in [-0.4, -0.2) is 61.7 Å². The Kier molecular flexibility index (Phi) is 6.88. The predicted octanol–water partition coefficient (Wildman–Crippen LogP) is 2.36. The molecule has 4 rings (SSSR count). The molecule has 3 aliphatic rings. The SMILES string of the molecule is CCCC(=O)C[C@@H]1c2cccc(O)c2C(=O)C2C(=O)[C@@]3(O)C(=O)C(C(C)=O)C(=O)C(C(C)C)[C@@]3(C)[C@H](O)[C@]21C. The van der Waals surface area contributed by atoms with Crippen LogP contribution in [0.1, 0.15) is 82.6 Å². The molecule has 0 aliphatic heterocycles. The zero-order chi connectivity index (χ0) is 29.4. The van der Waals surface area contributed by atoms with Crippen molar-refractivity contribution in [2.24, 2.45) is 34.5 Å². The largest absolute Gasteiger partial charge is 0.507 e. The molecule has 0 radical (unpaired) electrons. The third-order valence-electron chi connectivity index (χ3n) is 9.78. The summed E-state index contributed by atoms with van der Waals surface area (Å²) < 4.78 is 0. The van der Waals surface area contributed by atoms with E-state index < -0.39 is 86.8 Å². The summed E-state index contributed by atoms with van der Waals surface area (Å²) in [7, 11) is 0. The van der Waals surface area contributed by atoms with Crippen molar-refractivity contribution in [1.29, 1.82) is 0 Å². The van der Waals surface area contributed by atoms with E-state index in [1.807, 2.05) is 6.92 Å². The molecule has 1 aromatic rings. The van der Waals surface area contributed by atoms with Crippen molar-refractivity contribution in [3.05, 3.63) is 29.3 Å². The molecule has 1 aromatic carbocycles. The molecular weight excluding hydrogens is 504 g/mol. The first kappa shape index (κ1) is 29.0. The number of rotatable bonds is 6. The van der Waals surface area contributed by atoms with Crippen molar-refractivity contribution in [1.82, 2.24) is 0 Å². The second-order valence-electron chi connectivity index (χ2n) is 12.2. The topological polar surface area (TPSA) is 163 Å². The van der Waals surface area contributed by atoms with Gasteiger partial charge in [-0.25, -0.2) is 0 Å². The Morgan fingerprint density at radius 3 is 2.21 bits per heavy atom. The second kappa shape index (κ2) is 9.27. The van der Waals surface area contributed by atoms with Gasteiger partial charge in [0, 0.05) is 35.5 Å². The number of benzene rings is 1. The number of aliphatic hydroxyl groups excluding tert-OH is 1. The number of carbonyl (C=O) groups excluding carboxylic acids is 6. The third-order valence-corrected chi connectivity index (χ3v) is 9.78. The highest BCUT2D eigenvalue weighted by atomic mass is 16.3. The number of hydrogen-bond donors (Lipinski definition) is 3. The number of fused-ring (bicyclic) bond motifs is 3. The number of hydrogen-bond acceptors (Lipinski definition) is 9. The van der Waals surface area contributed by atoms with E-state index in [9.17, 15) is 44.1 Å². The van der Waals surface area contributed by atoms with E-state index >= 15 is 0 Å². The van der Waals surface area contributed by atoms with Crippen molar-refractivity contribution >= 4 is 34.7 Å². The van der Waals surface area contributed by atoms with Gasteiger partial charge in [-0.2, -0.15) is 0 Å². The summed E-state index contributed by atoms with van der Waals surface area (Å²) in [4.78, 5) is 81.3. The number of aliphatic hydroxyl groups is 2. The Morgan fingerprint density at radius 2 is 1.67 bits per heavy atom. The monoisotopic (exact) mass is 540 g/mol. The average Bonchev–Trinajstić information content (AvgIpc) is 2.83. The van der Waals surface area contributed by atoms with E-state index in [0.717, 1.165) is 6.92 Å². The smallest absolute Gasteiger partial charge is 0.191 e. The second-order valence-corrected chi connectivity index (χ2v) is 12.2. The summed E-state index contributed by atoms with van der Waals surface area (Å²) in [5.41, 5.74) is -6.80. The molecule has 0 spiro atoms. The van der Waals surface area contributed by atoms with Gasteiger partial charge in [-0.1, -0.05) is 46.8 Å². The molecule has 9 heteroatoms. The van der Waals surface area contributed by atoms with E-state index in [2.05, 4.69) is 0 Å². The van der Waals surface area contributed by atoms with E-state index in [-0.39, 0.29) is 29.8 Å². The lowest BCUT2D eigenvalue weighted by Crippen LogP contribution is -2.82. The zero-order valence-corrected chi connectivity index (χ0v) is 23.1. The average molecular weight is 541 g/mol. The first-order chi connectivity index (χ1) is 18.0. The zero-order valence-electron chi connectivity index (χ0n) is 23.1. The van der Waals surface area contributed by atoms with E-state index in [0.29, 0.717) is 6.42 Å². The molecule has 3 unspecified atom stereocenters. The first-order valence-electron chi connectivity index (χ1n) is 13.4. The van der Waals surface area contributed by atoms with Crippen LogP contribution in [0.4, 0.5) is 0 Å². The lowest BCUT2D eigenvalue weighted by atomic mass is 9.37. The van der Waals surface area contributed by atoms with Crippen molar-refractivity contribution in [3.8, 4) is 5.75 Å². The Hall–Kier alpha value is -3.04. The molecule has 0 heterocycles. The number of phenols is 1. The van der Waals surface area contributed by atoms with Gasteiger partial charge in [-0.3, -0.25) is 28.8 Å². The van der Waals surface area contributed by atoms with Crippen molar-refractivity contribution < 1.29 is 44.1 Å². The maximum Gasteiger partial charge on any atom is 0.191 e. The molecule has 9 nitrogen and oxygen atoms in total. The van der Waals surface area contributed by atoms with Crippen LogP contribution in [0.2, 0.25) is 0 Å². The Bertz CT molecular complexity index is 1310. The fourth-order valence-electron chi connectivity index (χ4n) is 8.09. The molecule has 0 aromatic heterocycles. The van der Waals surface area contributed by atoms with Crippen LogP contribution in [-0.2, 0) is 24.0 Å². The molecule has 0 saturated heterocycles. The molecule has 0 bridgehead atoms. The van der Waals surface area contributed by atoms with Gasteiger partial charge < -0.3 is 15.3 Å². The Labute approximate surface area is 227 Å². The van der Waals surface area contributed by atoms with Crippen LogP contribution < -0.4 is 0 Å². The lowest BCUT2D eigenvalue weighted by molar-refractivity contribution is -0.241. The summed E-state index contributed by atoms with van der Waals surface area (Å²) in [5.74, 6) is -12.3. The highest BCUT2D eigenvalue weighted by molar-refractivity contribution is 6.33. The van der Waals surface area contributed by atoms with Crippen molar-refractivity contribution in [2.45, 2.75) is 78.4 Å². The number of ketones is 6. The van der Waals surface area contributed by atoms with Gasteiger partial charge in [0.1, 0.15) is 23.2 Å². The van der Waals surface area contributed by atoms with Crippen LogP contribution >= 0.6 is 0 Å². The van der Waals surface area contributed by atoms with Gasteiger partial charge in [0.05, 0.1) is 17.6 Å². The first-order valence-corrected chi connectivity index (χ1v) is 13.4. The van der Waals surface area contributed by atoms with Gasteiger partial charge in [-0.15, -0.1) is 0 Å². The van der Waals surface area contributed by atoms with Gasteiger partial charge in [-0.05, 0) is 30.9 Å². The third kappa shape index (κ3) is 3.45. The fourth-order valence-corrected chi connectivity index (χ4v) is 8.09. The lowest BCUT2D eigenvalue weighted by Gasteiger charge is -2.65.